The van der Waals surface area contributed by atoms with Crippen LogP contribution < -0.4 is 5.32 Å². The number of benzene rings is 1. The highest BCUT2D eigenvalue weighted by Crippen LogP contribution is 2.49. The Labute approximate surface area is 161 Å². The highest BCUT2D eigenvalue weighted by atomic mass is 79.9. The van der Waals surface area contributed by atoms with Crippen LogP contribution in [0.2, 0.25) is 0 Å². The molecule has 6 heteroatoms. The quantitative estimate of drug-likeness (QED) is 0.719. The Hall–Kier alpha value is -1.69. The minimum atomic E-state index is -0.318. The van der Waals surface area contributed by atoms with Crippen molar-refractivity contribution in [1.29, 1.82) is 0 Å². The lowest BCUT2D eigenvalue weighted by molar-refractivity contribution is -0.121. The molecule has 1 N–H and O–H groups in total. The molecule has 1 aliphatic heterocycles. The van der Waals surface area contributed by atoms with Crippen molar-refractivity contribution in [1.82, 2.24) is 10.2 Å². The molecular weight excluding hydrogens is 396 g/mol. The lowest BCUT2D eigenvalue weighted by Crippen LogP contribution is -2.35. The van der Waals surface area contributed by atoms with E-state index in [1.54, 1.807) is 18.2 Å². The third kappa shape index (κ3) is 3.31. The molecule has 5 nitrogen and oxygen atoms in total. The summed E-state index contributed by atoms with van der Waals surface area (Å²) in [6, 6.07) is 5.05. The second-order valence-corrected chi connectivity index (χ2v) is 8.69. The van der Waals surface area contributed by atoms with Crippen LogP contribution in [0, 0.1) is 17.8 Å². The molecule has 26 heavy (non-hydrogen) atoms. The number of carbonyl (C=O) groups is 3. The average molecular weight is 419 g/mol. The van der Waals surface area contributed by atoms with Gasteiger partial charge in [0.15, 0.2) is 0 Å². The largest absolute Gasteiger partial charge is 0.356 e. The summed E-state index contributed by atoms with van der Waals surface area (Å²) in [6.07, 6.45) is 6.67. The van der Waals surface area contributed by atoms with Crippen LogP contribution in [0.4, 0.5) is 0 Å². The van der Waals surface area contributed by atoms with Gasteiger partial charge in [-0.05, 0) is 61.6 Å². The number of fused-ring (bicyclic) bond motifs is 3. The second kappa shape index (κ2) is 7.14. The van der Waals surface area contributed by atoms with Gasteiger partial charge in [0.25, 0.3) is 11.8 Å². The van der Waals surface area contributed by atoms with Gasteiger partial charge in [0, 0.05) is 24.0 Å². The van der Waals surface area contributed by atoms with Crippen molar-refractivity contribution < 1.29 is 14.4 Å². The number of hydrogen-bond donors (Lipinski definition) is 1. The fourth-order valence-corrected chi connectivity index (χ4v) is 5.26. The van der Waals surface area contributed by atoms with Crippen LogP contribution in [0.3, 0.4) is 0 Å². The molecule has 1 heterocycles. The Balaban J connectivity index is 1.23. The van der Waals surface area contributed by atoms with Gasteiger partial charge in [0.1, 0.15) is 0 Å². The van der Waals surface area contributed by atoms with Crippen molar-refractivity contribution in [2.24, 2.45) is 17.8 Å². The van der Waals surface area contributed by atoms with Crippen molar-refractivity contribution in [3.8, 4) is 0 Å². The fraction of sp³-hybridized carbons (Fsp3) is 0.550. The average Bonchev–Trinajstić information content (AvgIpc) is 3.29. The summed E-state index contributed by atoms with van der Waals surface area (Å²) in [5.41, 5.74) is 0.816. The standard InChI is InChI=1S/C20H23BrN2O3/c21-15-3-4-16-17(11-15)20(26)23(19(16)25)8-6-18(24)22-7-5-14-10-12-1-2-13(14)9-12/h3-4,11-14H,1-2,5-10H2,(H,22,24). The van der Waals surface area contributed by atoms with Crippen molar-refractivity contribution in [2.75, 3.05) is 13.1 Å². The summed E-state index contributed by atoms with van der Waals surface area (Å²) in [5.74, 6) is 1.84. The monoisotopic (exact) mass is 418 g/mol. The molecule has 0 radical (unpaired) electrons. The number of nitrogens with one attached hydrogen (secondary N) is 1. The zero-order chi connectivity index (χ0) is 18.3. The van der Waals surface area contributed by atoms with E-state index in [1.165, 1.54) is 30.6 Å². The molecule has 2 aliphatic carbocycles. The van der Waals surface area contributed by atoms with Gasteiger partial charge in [-0.1, -0.05) is 22.4 Å². The molecule has 1 aromatic rings. The van der Waals surface area contributed by atoms with E-state index in [9.17, 15) is 14.4 Å². The van der Waals surface area contributed by atoms with E-state index in [2.05, 4.69) is 21.2 Å². The van der Waals surface area contributed by atoms with E-state index >= 15 is 0 Å². The molecule has 0 saturated heterocycles. The first-order valence-electron chi connectivity index (χ1n) is 9.45. The van der Waals surface area contributed by atoms with Gasteiger partial charge >= 0.3 is 0 Å². The third-order valence-electron chi connectivity index (χ3n) is 6.22. The Kier molecular flexibility index (Phi) is 4.86. The first kappa shape index (κ1) is 17.7. The molecule has 2 saturated carbocycles. The number of rotatable bonds is 6. The molecule has 0 spiro atoms. The van der Waals surface area contributed by atoms with Crippen LogP contribution in [0.1, 0.15) is 59.2 Å². The predicted molar refractivity (Wildman–Crippen MR) is 101 cm³/mol. The molecule has 2 bridgehead atoms. The van der Waals surface area contributed by atoms with Crippen LogP contribution in [-0.2, 0) is 4.79 Å². The normalized spacial score (nSPS) is 26.5. The van der Waals surface area contributed by atoms with Crippen LogP contribution in [0.25, 0.3) is 0 Å². The maximum absolute atomic E-state index is 12.4. The Bertz CT molecular complexity index is 763. The summed E-state index contributed by atoms with van der Waals surface area (Å²) in [4.78, 5) is 38.0. The fourth-order valence-electron chi connectivity index (χ4n) is 4.89. The second-order valence-electron chi connectivity index (χ2n) is 7.78. The number of imide groups is 1. The summed E-state index contributed by atoms with van der Waals surface area (Å²) in [6.45, 7) is 0.825. The molecule has 3 atom stereocenters. The van der Waals surface area contributed by atoms with Crippen LogP contribution in [0.15, 0.2) is 22.7 Å². The van der Waals surface area contributed by atoms with E-state index in [0.717, 1.165) is 28.6 Å². The van der Waals surface area contributed by atoms with E-state index in [4.69, 9.17) is 0 Å². The molecule has 3 amide bonds. The first-order chi connectivity index (χ1) is 12.5. The van der Waals surface area contributed by atoms with Crippen LogP contribution in [-0.4, -0.2) is 35.7 Å². The number of nitrogens with zero attached hydrogens (tertiary/aromatic N) is 1. The minimum absolute atomic E-state index is 0.0918. The molecule has 0 aromatic heterocycles. The van der Waals surface area contributed by atoms with Crippen LogP contribution >= 0.6 is 15.9 Å². The summed E-state index contributed by atoms with van der Waals surface area (Å²) in [7, 11) is 0. The molecule has 138 valence electrons. The Morgan fingerprint density at radius 2 is 1.96 bits per heavy atom. The molecular formula is C20H23BrN2O3. The van der Waals surface area contributed by atoms with Gasteiger partial charge in [-0.15, -0.1) is 0 Å². The van der Waals surface area contributed by atoms with Crippen molar-refractivity contribution in [2.45, 2.75) is 38.5 Å². The van der Waals surface area contributed by atoms with Crippen LogP contribution in [0.5, 0.6) is 0 Å². The number of halogens is 1. The third-order valence-corrected chi connectivity index (χ3v) is 6.71. The van der Waals surface area contributed by atoms with Gasteiger partial charge < -0.3 is 5.32 Å². The highest BCUT2D eigenvalue weighted by Gasteiger charge is 2.39. The Morgan fingerprint density at radius 1 is 1.15 bits per heavy atom. The van der Waals surface area contributed by atoms with Crippen molar-refractivity contribution in [3.05, 3.63) is 33.8 Å². The maximum Gasteiger partial charge on any atom is 0.261 e. The van der Waals surface area contributed by atoms with E-state index < -0.39 is 0 Å². The summed E-state index contributed by atoms with van der Waals surface area (Å²) >= 11 is 3.32. The van der Waals surface area contributed by atoms with Crippen molar-refractivity contribution in [3.63, 3.8) is 0 Å². The molecule has 1 aromatic carbocycles. The van der Waals surface area contributed by atoms with Gasteiger partial charge in [0.2, 0.25) is 5.91 Å². The van der Waals surface area contributed by atoms with E-state index in [1.807, 2.05) is 0 Å². The maximum atomic E-state index is 12.4. The molecule has 3 aliphatic rings. The lowest BCUT2D eigenvalue weighted by atomic mass is 9.86. The van der Waals surface area contributed by atoms with Gasteiger partial charge in [-0.25, -0.2) is 0 Å². The summed E-state index contributed by atoms with van der Waals surface area (Å²) < 4.78 is 0.762. The SMILES string of the molecule is O=C(CCN1C(=O)c2ccc(Br)cc2C1=O)NCCC1CC2CCC1C2. The zero-order valence-electron chi connectivity index (χ0n) is 14.7. The number of carbonyl (C=O) groups excluding carboxylic acids is 3. The molecule has 2 fully saturated rings. The first-order valence-corrected chi connectivity index (χ1v) is 10.2. The highest BCUT2D eigenvalue weighted by molar-refractivity contribution is 9.10. The minimum Gasteiger partial charge on any atom is -0.356 e. The topological polar surface area (TPSA) is 66.5 Å². The number of amides is 3. The van der Waals surface area contributed by atoms with Gasteiger partial charge in [-0.3, -0.25) is 19.3 Å². The molecule has 3 unspecified atom stereocenters. The van der Waals surface area contributed by atoms with Gasteiger partial charge in [0.05, 0.1) is 11.1 Å². The predicted octanol–water partition coefficient (Wildman–Crippen LogP) is 3.38. The van der Waals surface area contributed by atoms with E-state index in [0.29, 0.717) is 17.7 Å². The van der Waals surface area contributed by atoms with Crippen molar-refractivity contribution >= 4 is 33.7 Å². The molecule has 4 rings (SSSR count). The summed E-state index contributed by atoms with van der Waals surface area (Å²) in [5, 5.41) is 2.96. The Morgan fingerprint density at radius 3 is 2.69 bits per heavy atom. The van der Waals surface area contributed by atoms with Gasteiger partial charge in [-0.2, -0.15) is 0 Å². The number of hydrogen-bond acceptors (Lipinski definition) is 3. The lowest BCUT2D eigenvalue weighted by Gasteiger charge is -2.21. The van der Waals surface area contributed by atoms with E-state index in [-0.39, 0.29) is 30.7 Å². The zero-order valence-corrected chi connectivity index (χ0v) is 16.3. The smallest absolute Gasteiger partial charge is 0.261 e.